The molecule has 0 spiro atoms. The van der Waals surface area contributed by atoms with Gasteiger partial charge in [0.25, 0.3) is 0 Å². The Kier molecular flexibility index (Phi) is 2.48. The van der Waals surface area contributed by atoms with E-state index in [1.165, 1.54) is 0 Å². The molecule has 1 fully saturated rings. The lowest BCUT2D eigenvalue weighted by Gasteiger charge is -2.32. The number of ether oxygens (including phenoxy) is 2. The Morgan fingerprint density at radius 1 is 1.41 bits per heavy atom. The first-order chi connectivity index (χ1) is 8.25. The maximum absolute atomic E-state index is 10.8. The molecule has 0 radical (unpaired) electrons. The lowest BCUT2D eigenvalue weighted by molar-refractivity contribution is -0.485. The number of para-hydroxylation sites is 1. The highest BCUT2D eigenvalue weighted by atomic mass is 16.7. The van der Waals surface area contributed by atoms with Gasteiger partial charge in [0.1, 0.15) is 5.75 Å². The molecule has 3 rings (SSSR count). The van der Waals surface area contributed by atoms with E-state index in [1.54, 1.807) is 0 Å². The zero-order chi connectivity index (χ0) is 11.8. The SMILES string of the molecule is O=[N+]([O-])C[C@@H]1c2ccccc2O[C@@H]2OCC[C@@H]21. The number of rotatable bonds is 2. The molecule has 1 aromatic rings. The summed E-state index contributed by atoms with van der Waals surface area (Å²) in [6, 6.07) is 7.53. The van der Waals surface area contributed by atoms with Crippen molar-refractivity contribution in [1.29, 1.82) is 0 Å². The van der Waals surface area contributed by atoms with E-state index in [0.717, 1.165) is 17.7 Å². The topological polar surface area (TPSA) is 61.6 Å². The van der Waals surface area contributed by atoms with E-state index in [1.807, 2.05) is 24.3 Å². The summed E-state index contributed by atoms with van der Waals surface area (Å²) in [5.41, 5.74) is 0.941. The number of fused-ring (bicyclic) bond motifs is 2. The summed E-state index contributed by atoms with van der Waals surface area (Å²) < 4.78 is 11.2. The van der Waals surface area contributed by atoms with Crippen LogP contribution >= 0.6 is 0 Å². The monoisotopic (exact) mass is 235 g/mol. The van der Waals surface area contributed by atoms with Gasteiger partial charge in [0, 0.05) is 16.4 Å². The molecule has 0 N–H and O–H groups in total. The van der Waals surface area contributed by atoms with Crippen molar-refractivity contribution in [3.05, 3.63) is 39.9 Å². The summed E-state index contributed by atoms with van der Waals surface area (Å²) in [6.45, 7) is 0.572. The molecule has 2 aliphatic heterocycles. The number of hydrogen-bond acceptors (Lipinski definition) is 4. The summed E-state index contributed by atoms with van der Waals surface area (Å²) >= 11 is 0. The Labute approximate surface area is 98.5 Å². The van der Waals surface area contributed by atoms with E-state index in [0.29, 0.717) is 6.61 Å². The third kappa shape index (κ3) is 1.76. The van der Waals surface area contributed by atoms with Gasteiger partial charge in [-0.05, 0) is 12.5 Å². The second-order valence-corrected chi connectivity index (χ2v) is 4.47. The quantitative estimate of drug-likeness (QED) is 0.579. The molecule has 0 bridgehead atoms. The maximum Gasteiger partial charge on any atom is 0.211 e. The van der Waals surface area contributed by atoms with Gasteiger partial charge in [0.2, 0.25) is 12.8 Å². The summed E-state index contributed by atoms with van der Waals surface area (Å²) in [7, 11) is 0. The third-order valence-corrected chi connectivity index (χ3v) is 3.51. The van der Waals surface area contributed by atoms with E-state index in [2.05, 4.69) is 0 Å². The van der Waals surface area contributed by atoms with Gasteiger partial charge >= 0.3 is 0 Å². The zero-order valence-corrected chi connectivity index (χ0v) is 9.24. The molecule has 1 aromatic carbocycles. The molecule has 90 valence electrons. The highest BCUT2D eigenvalue weighted by Crippen LogP contribution is 2.44. The van der Waals surface area contributed by atoms with Crippen molar-refractivity contribution in [2.45, 2.75) is 18.6 Å². The van der Waals surface area contributed by atoms with Crippen molar-refractivity contribution < 1.29 is 14.4 Å². The van der Waals surface area contributed by atoms with Crippen molar-refractivity contribution in [1.82, 2.24) is 0 Å². The van der Waals surface area contributed by atoms with Gasteiger partial charge in [0.05, 0.1) is 12.5 Å². The van der Waals surface area contributed by atoms with Crippen LogP contribution in [0.5, 0.6) is 5.75 Å². The minimum Gasteiger partial charge on any atom is -0.464 e. The average Bonchev–Trinajstić information content (AvgIpc) is 2.76. The Morgan fingerprint density at radius 2 is 2.24 bits per heavy atom. The summed E-state index contributed by atoms with van der Waals surface area (Å²) in [5.74, 6) is 0.736. The predicted octanol–water partition coefficient (Wildman–Crippen LogP) is 1.80. The molecule has 2 aliphatic rings. The molecule has 2 heterocycles. The molecule has 0 aromatic heterocycles. The fourth-order valence-corrected chi connectivity index (χ4v) is 2.74. The van der Waals surface area contributed by atoms with Gasteiger partial charge < -0.3 is 9.47 Å². The van der Waals surface area contributed by atoms with Crippen LogP contribution in [0.25, 0.3) is 0 Å². The molecular weight excluding hydrogens is 222 g/mol. The van der Waals surface area contributed by atoms with E-state index < -0.39 is 0 Å². The molecule has 17 heavy (non-hydrogen) atoms. The van der Waals surface area contributed by atoms with E-state index in [-0.39, 0.29) is 29.6 Å². The van der Waals surface area contributed by atoms with Crippen LogP contribution in [0, 0.1) is 16.0 Å². The summed E-state index contributed by atoms with van der Waals surface area (Å²) in [4.78, 5) is 10.5. The fourth-order valence-electron chi connectivity index (χ4n) is 2.74. The Morgan fingerprint density at radius 3 is 3.06 bits per heavy atom. The van der Waals surface area contributed by atoms with Crippen LogP contribution in [0.4, 0.5) is 0 Å². The standard InChI is InChI=1S/C12H13NO4/c14-13(15)7-10-8-3-1-2-4-11(8)17-12-9(10)5-6-16-12/h1-4,9-10,12H,5-7H2/t9-,10-,12+/m1/s1. The second kappa shape index (κ2) is 4.00. The minimum atomic E-state index is -0.310. The summed E-state index contributed by atoms with van der Waals surface area (Å²) in [6.07, 6.45) is 0.521. The van der Waals surface area contributed by atoms with Gasteiger partial charge in [0.15, 0.2) is 0 Å². The van der Waals surface area contributed by atoms with E-state index in [9.17, 15) is 10.1 Å². The van der Waals surface area contributed by atoms with Crippen molar-refractivity contribution in [3.63, 3.8) is 0 Å². The smallest absolute Gasteiger partial charge is 0.211 e. The van der Waals surface area contributed by atoms with Gasteiger partial charge in [-0.15, -0.1) is 0 Å². The molecule has 5 heteroatoms. The second-order valence-electron chi connectivity index (χ2n) is 4.47. The van der Waals surface area contributed by atoms with Crippen molar-refractivity contribution in [2.75, 3.05) is 13.2 Å². The van der Waals surface area contributed by atoms with Crippen LogP contribution < -0.4 is 4.74 Å². The molecule has 5 nitrogen and oxygen atoms in total. The molecule has 0 saturated carbocycles. The molecule has 0 unspecified atom stereocenters. The molecule has 3 atom stereocenters. The van der Waals surface area contributed by atoms with Crippen LogP contribution in [-0.2, 0) is 4.74 Å². The summed E-state index contributed by atoms with van der Waals surface area (Å²) in [5, 5.41) is 10.8. The van der Waals surface area contributed by atoms with Crippen LogP contribution in [-0.4, -0.2) is 24.4 Å². The van der Waals surface area contributed by atoms with Crippen LogP contribution in [0.1, 0.15) is 17.9 Å². The highest BCUT2D eigenvalue weighted by Gasteiger charge is 2.44. The molecular formula is C12H13NO4. The highest BCUT2D eigenvalue weighted by molar-refractivity contribution is 5.39. The first-order valence-corrected chi connectivity index (χ1v) is 5.74. The lowest BCUT2D eigenvalue weighted by atomic mass is 9.82. The van der Waals surface area contributed by atoms with Gasteiger partial charge in [-0.2, -0.15) is 0 Å². The predicted molar refractivity (Wildman–Crippen MR) is 59.5 cm³/mol. The number of nitro groups is 1. The van der Waals surface area contributed by atoms with Crippen LogP contribution in [0.3, 0.4) is 0 Å². The first-order valence-electron chi connectivity index (χ1n) is 5.74. The van der Waals surface area contributed by atoms with E-state index in [4.69, 9.17) is 9.47 Å². The van der Waals surface area contributed by atoms with Crippen molar-refractivity contribution in [2.24, 2.45) is 5.92 Å². The van der Waals surface area contributed by atoms with E-state index >= 15 is 0 Å². The Bertz CT molecular complexity index is 448. The Hall–Kier alpha value is -1.62. The fraction of sp³-hybridized carbons (Fsp3) is 0.500. The van der Waals surface area contributed by atoms with Crippen molar-refractivity contribution >= 4 is 0 Å². The Balaban J connectivity index is 1.99. The zero-order valence-electron chi connectivity index (χ0n) is 9.24. The first kappa shape index (κ1) is 10.5. The third-order valence-electron chi connectivity index (χ3n) is 3.51. The lowest BCUT2D eigenvalue weighted by Crippen LogP contribution is -2.35. The van der Waals surface area contributed by atoms with Gasteiger partial charge in [-0.1, -0.05) is 18.2 Å². The molecule has 1 saturated heterocycles. The number of hydrogen-bond donors (Lipinski definition) is 0. The van der Waals surface area contributed by atoms with Crippen molar-refractivity contribution in [3.8, 4) is 5.75 Å². The average molecular weight is 235 g/mol. The number of benzene rings is 1. The largest absolute Gasteiger partial charge is 0.464 e. The van der Waals surface area contributed by atoms with Crippen LogP contribution in [0.2, 0.25) is 0 Å². The molecule has 0 aliphatic carbocycles. The number of nitrogens with zero attached hydrogens (tertiary/aromatic N) is 1. The maximum atomic E-state index is 10.8. The van der Waals surface area contributed by atoms with Gasteiger partial charge in [-0.3, -0.25) is 10.1 Å². The van der Waals surface area contributed by atoms with Gasteiger partial charge in [-0.25, -0.2) is 0 Å². The normalized spacial score (nSPS) is 30.2. The van der Waals surface area contributed by atoms with Crippen LogP contribution in [0.15, 0.2) is 24.3 Å². The molecule has 0 amide bonds. The minimum absolute atomic E-state index is 0.0507.